The van der Waals surface area contributed by atoms with Gasteiger partial charge in [0.15, 0.2) is 0 Å². The Bertz CT molecular complexity index is 990. The first-order valence-corrected chi connectivity index (χ1v) is 8.40. The Hall–Kier alpha value is -2.53. The van der Waals surface area contributed by atoms with Crippen molar-refractivity contribution in [2.75, 3.05) is 6.61 Å². The number of thiazole rings is 1. The first kappa shape index (κ1) is 15.0. The lowest BCUT2D eigenvalue weighted by Gasteiger charge is -2.08. The van der Waals surface area contributed by atoms with E-state index in [1.807, 2.05) is 30.7 Å². The predicted octanol–water partition coefficient (Wildman–Crippen LogP) is 4.88. The van der Waals surface area contributed by atoms with Crippen molar-refractivity contribution in [2.24, 2.45) is 0 Å². The van der Waals surface area contributed by atoms with Gasteiger partial charge in [-0.3, -0.25) is 0 Å². The Morgan fingerprint density at radius 2 is 2.17 bits per heavy atom. The van der Waals surface area contributed by atoms with Crippen LogP contribution in [0.15, 0.2) is 42.6 Å². The number of allylic oxidation sites excluding steroid dienone is 2. The minimum Gasteiger partial charge on any atom is -0.462 e. The van der Waals surface area contributed by atoms with Crippen LogP contribution in [-0.4, -0.2) is 17.6 Å². The van der Waals surface area contributed by atoms with Gasteiger partial charge in [0.1, 0.15) is 15.7 Å². The van der Waals surface area contributed by atoms with Gasteiger partial charge in [0.2, 0.25) is 0 Å². The van der Waals surface area contributed by atoms with E-state index in [4.69, 9.17) is 4.74 Å². The van der Waals surface area contributed by atoms with Crippen molar-refractivity contribution in [3.05, 3.63) is 65.3 Å². The first-order chi connectivity index (χ1) is 11.7. The van der Waals surface area contributed by atoms with Crippen LogP contribution in [0.1, 0.15) is 22.2 Å². The summed E-state index contributed by atoms with van der Waals surface area (Å²) in [5.74, 6) is -0.604. The van der Waals surface area contributed by atoms with Gasteiger partial charge in [-0.15, -0.1) is 11.3 Å². The quantitative estimate of drug-likeness (QED) is 0.636. The molecule has 0 aliphatic heterocycles. The number of esters is 1. The number of carbonyl (C=O) groups is 1. The van der Waals surface area contributed by atoms with Gasteiger partial charge in [-0.05, 0) is 41.6 Å². The Balaban J connectivity index is 1.83. The standard InChI is InChI=1S/C19H13FNO2S/c1-2-23-19(22)16-10-21-18(24-16)13-8-12-4-3-5-15(20)17(12)14(9-13)11-6-7-11/h3-10H,2H2,1H3. The molecule has 1 heterocycles. The number of ether oxygens (including phenoxy) is 1. The molecule has 1 aliphatic rings. The van der Waals surface area contributed by atoms with Gasteiger partial charge in [-0.1, -0.05) is 18.2 Å². The molecule has 3 aromatic rings. The molecule has 0 spiro atoms. The molecule has 4 rings (SSSR count). The maximum Gasteiger partial charge on any atom is 0.349 e. The van der Waals surface area contributed by atoms with Crippen LogP contribution in [0.4, 0.5) is 4.39 Å². The van der Waals surface area contributed by atoms with E-state index in [1.165, 1.54) is 23.6 Å². The van der Waals surface area contributed by atoms with E-state index in [0.29, 0.717) is 21.9 Å². The summed E-state index contributed by atoms with van der Waals surface area (Å²) >= 11 is 1.28. The Kier molecular flexibility index (Phi) is 3.65. The molecule has 1 aliphatic carbocycles. The highest BCUT2D eigenvalue weighted by atomic mass is 32.1. The van der Waals surface area contributed by atoms with Crippen LogP contribution in [0, 0.1) is 12.2 Å². The zero-order valence-electron chi connectivity index (χ0n) is 12.9. The molecular weight excluding hydrogens is 325 g/mol. The molecule has 119 valence electrons. The highest BCUT2D eigenvalue weighted by molar-refractivity contribution is 7.16. The molecule has 24 heavy (non-hydrogen) atoms. The van der Waals surface area contributed by atoms with Crippen LogP contribution in [-0.2, 0) is 4.74 Å². The minimum atomic E-state index is -0.369. The molecule has 0 saturated heterocycles. The summed E-state index contributed by atoms with van der Waals surface area (Å²) in [6.45, 7) is 2.10. The highest BCUT2D eigenvalue weighted by Crippen LogP contribution is 2.39. The van der Waals surface area contributed by atoms with Gasteiger partial charge in [0.25, 0.3) is 0 Å². The van der Waals surface area contributed by atoms with Crippen LogP contribution < -0.4 is 0 Å². The van der Waals surface area contributed by atoms with Crippen molar-refractivity contribution >= 4 is 33.7 Å². The van der Waals surface area contributed by atoms with Gasteiger partial charge in [-0.2, -0.15) is 0 Å². The average Bonchev–Trinajstić information content (AvgIpc) is 3.30. The molecule has 1 radical (unpaired) electrons. The van der Waals surface area contributed by atoms with E-state index >= 15 is 0 Å². The third kappa shape index (κ3) is 2.61. The topological polar surface area (TPSA) is 39.2 Å². The van der Waals surface area contributed by atoms with Gasteiger partial charge in [0, 0.05) is 17.4 Å². The molecular formula is C19H13FNO2S. The monoisotopic (exact) mass is 338 g/mol. The molecule has 3 nitrogen and oxygen atoms in total. The Labute approximate surface area is 142 Å². The number of fused-ring (bicyclic) bond motifs is 1. The Morgan fingerprint density at radius 1 is 1.33 bits per heavy atom. The van der Waals surface area contributed by atoms with Crippen molar-refractivity contribution in [3.8, 4) is 10.6 Å². The van der Waals surface area contributed by atoms with Crippen LogP contribution >= 0.6 is 11.3 Å². The van der Waals surface area contributed by atoms with E-state index in [0.717, 1.165) is 22.1 Å². The second-order valence-corrected chi connectivity index (χ2v) is 6.43. The number of aromatic nitrogens is 1. The maximum absolute atomic E-state index is 14.2. The normalized spacial score (nSPS) is 13.0. The van der Waals surface area contributed by atoms with Gasteiger partial charge in [-0.25, -0.2) is 14.2 Å². The predicted molar refractivity (Wildman–Crippen MR) is 93.2 cm³/mol. The van der Waals surface area contributed by atoms with E-state index in [9.17, 15) is 9.18 Å². The van der Waals surface area contributed by atoms with Crippen molar-refractivity contribution in [2.45, 2.75) is 6.92 Å². The number of halogens is 1. The lowest BCUT2D eigenvalue weighted by molar-refractivity contribution is 0.0532. The SMILES string of the molecule is CCOC(=O)c1cnc(-c2cc(C3=C[CH]3)c3c(F)cccc3c2)s1. The molecule has 5 heteroatoms. The van der Waals surface area contributed by atoms with E-state index < -0.39 is 0 Å². The van der Waals surface area contributed by atoms with Crippen LogP contribution in [0.2, 0.25) is 0 Å². The van der Waals surface area contributed by atoms with E-state index in [1.54, 1.807) is 13.0 Å². The summed E-state index contributed by atoms with van der Waals surface area (Å²) in [5, 5.41) is 2.15. The molecule has 0 bridgehead atoms. The van der Waals surface area contributed by atoms with Crippen LogP contribution in [0.5, 0.6) is 0 Å². The summed E-state index contributed by atoms with van der Waals surface area (Å²) in [4.78, 5) is 16.6. The van der Waals surface area contributed by atoms with Crippen molar-refractivity contribution in [1.29, 1.82) is 0 Å². The summed E-state index contributed by atoms with van der Waals surface area (Å²) < 4.78 is 19.3. The average molecular weight is 338 g/mol. The largest absolute Gasteiger partial charge is 0.462 e. The van der Waals surface area contributed by atoms with Crippen molar-refractivity contribution < 1.29 is 13.9 Å². The summed E-state index contributed by atoms with van der Waals surface area (Å²) in [6.07, 6.45) is 5.43. The van der Waals surface area contributed by atoms with Gasteiger partial charge >= 0.3 is 5.97 Å². The first-order valence-electron chi connectivity index (χ1n) is 7.58. The third-order valence-corrected chi connectivity index (χ3v) is 4.83. The lowest BCUT2D eigenvalue weighted by atomic mass is 9.99. The molecule has 2 aromatic carbocycles. The zero-order valence-corrected chi connectivity index (χ0v) is 13.7. The van der Waals surface area contributed by atoms with Gasteiger partial charge < -0.3 is 4.74 Å². The Morgan fingerprint density at radius 3 is 2.92 bits per heavy atom. The molecule has 0 amide bonds. The molecule has 0 unspecified atom stereocenters. The number of carbonyl (C=O) groups excluding carboxylic acids is 1. The number of hydrogen-bond acceptors (Lipinski definition) is 4. The molecule has 0 saturated carbocycles. The van der Waals surface area contributed by atoms with Crippen molar-refractivity contribution in [1.82, 2.24) is 4.98 Å². The molecule has 0 N–H and O–H groups in total. The third-order valence-electron chi connectivity index (χ3n) is 3.80. The smallest absolute Gasteiger partial charge is 0.349 e. The van der Waals surface area contributed by atoms with Crippen LogP contribution in [0.3, 0.4) is 0 Å². The van der Waals surface area contributed by atoms with Crippen LogP contribution in [0.25, 0.3) is 26.9 Å². The van der Waals surface area contributed by atoms with E-state index in [2.05, 4.69) is 4.98 Å². The molecule has 0 atom stereocenters. The number of rotatable bonds is 4. The summed E-state index contributed by atoms with van der Waals surface area (Å²) in [5.41, 5.74) is 2.74. The number of benzene rings is 2. The second-order valence-electron chi connectivity index (χ2n) is 5.40. The number of hydrogen-bond donors (Lipinski definition) is 0. The van der Waals surface area contributed by atoms with E-state index in [-0.39, 0.29) is 11.8 Å². The lowest BCUT2D eigenvalue weighted by Crippen LogP contribution is -2.01. The molecule has 1 aromatic heterocycles. The number of nitrogens with zero attached hydrogens (tertiary/aromatic N) is 1. The summed E-state index contributed by atoms with van der Waals surface area (Å²) in [7, 11) is 0. The zero-order chi connectivity index (χ0) is 16.7. The summed E-state index contributed by atoms with van der Waals surface area (Å²) in [6, 6.07) is 8.88. The van der Waals surface area contributed by atoms with Crippen molar-refractivity contribution in [3.63, 3.8) is 0 Å². The second kappa shape index (κ2) is 5.83. The maximum atomic E-state index is 14.2. The molecule has 0 fully saturated rings. The minimum absolute atomic E-state index is 0.235. The highest BCUT2D eigenvalue weighted by Gasteiger charge is 2.19. The van der Waals surface area contributed by atoms with Gasteiger partial charge in [0.05, 0.1) is 12.8 Å². The fraction of sp³-hybridized carbons (Fsp3) is 0.105. The fourth-order valence-electron chi connectivity index (χ4n) is 2.66. The fourth-order valence-corrected chi connectivity index (χ4v) is 3.46.